The topological polar surface area (TPSA) is 79.5 Å². The zero-order valence-corrected chi connectivity index (χ0v) is 15.4. The highest BCUT2D eigenvalue weighted by atomic mass is 79.9. The summed E-state index contributed by atoms with van der Waals surface area (Å²) in [7, 11) is 1.58. The van der Waals surface area contributed by atoms with Crippen LogP contribution in [0, 0.1) is 0 Å². The minimum atomic E-state index is -0.175. The van der Waals surface area contributed by atoms with E-state index in [4.69, 9.17) is 4.74 Å². The van der Waals surface area contributed by atoms with Gasteiger partial charge in [-0.15, -0.1) is 0 Å². The number of hydrogen-bond donors (Lipinski definition) is 3. The maximum Gasteiger partial charge on any atom is 0.251 e. The van der Waals surface area contributed by atoms with Crippen LogP contribution in [0.25, 0.3) is 0 Å². The van der Waals surface area contributed by atoms with Gasteiger partial charge in [-0.25, -0.2) is 0 Å². The van der Waals surface area contributed by atoms with Gasteiger partial charge in [0.15, 0.2) is 0 Å². The summed E-state index contributed by atoms with van der Waals surface area (Å²) >= 11 is 3.38. The molecule has 0 atom stereocenters. The van der Waals surface area contributed by atoms with E-state index in [2.05, 4.69) is 31.9 Å². The molecule has 0 unspecified atom stereocenters. The molecular formula is C18H20BrN3O3. The molecule has 0 spiro atoms. The average Bonchev–Trinajstić information content (AvgIpc) is 2.61. The summed E-state index contributed by atoms with van der Waals surface area (Å²) in [4.78, 5) is 23.9. The van der Waals surface area contributed by atoms with Gasteiger partial charge in [0.2, 0.25) is 5.91 Å². The van der Waals surface area contributed by atoms with Gasteiger partial charge in [-0.1, -0.05) is 22.0 Å². The molecule has 25 heavy (non-hydrogen) atoms. The molecule has 0 aliphatic carbocycles. The summed E-state index contributed by atoms with van der Waals surface area (Å²) in [6.07, 6.45) is 0. The lowest BCUT2D eigenvalue weighted by Crippen LogP contribution is -2.27. The van der Waals surface area contributed by atoms with Crippen LogP contribution in [-0.4, -0.2) is 38.6 Å². The van der Waals surface area contributed by atoms with Crippen LogP contribution >= 0.6 is 15.9 Å². The molecule has 2 aromatic rings. The number of nitrogens with one attached hydrogen (secondary N) is 3. The molecule has 0 saturated heterocycles. The maximum absolute atomic E-state index is 12.0. The first-order valence-electron chi connectivity index (χ1n) is 7.75. The molecule has 132 valence electrons. The van der Waals surface area contributed by atoms with E-state index < -0.39 is 0 Å². The van der Waals surface area contributed by atoms with Crippen LogP contribution in [0.3, 0.4) is 0 Å². The van der Waals surface area contributed by atoms with Crippen LogP contribution in [0.15, 0.2) is 53.0 Å². The molecule has 0 aromatic heterocycles. The van der Waals surface area contributed by atoms with E-state index in [1.54, 1.807) is 31.4 Å². The number of hydrogen-bond acceptors (Lipinski definition) is 4. The SMILES string of the molecule is COCCNC(=O)c1ccc(NC(=O)CNc2cccc(Br)c2)cc1. The predicted octanol–water partition coefficient (Wildman–Crippen LogP) is 2.88. The summed E-state index contributed by atoms with van der Waals surface area (Å²) < 4.78 is 5.82. The van der Waals surface area contributed by atoms with Crippen molar-refractivity contribution in [2.24, 2.45) is 0 Å². The number of anilines is 2. The van der Waals surface area contributed by atoms with Gasteiger partial charge < -0.3 is 20.7 Å². The van der Waals surface area contributed by atoms with E-state index in [0.717, 1.165) is 10.2 Å². The predicted molar refractivity (Wildman–Crippen MR) is 102 cm³/mol. The Morgan fingerprint density at radius 2 is 1.84 bits per heavy atom. The van der Waals surface area contributed by atoms with Crippen LogP contribution in [0.1, 0.15) is 10.4 Å². The smallest absolute Gasteiger partial charge is 0.251 e. The average molecular weight is 406 g/mol. The van der Waals surface area contributed by atoms with Crippen LogP contribution in [0.2, 0.25) is 0 Å². The lowest BCUT2D eigenvalue weighted by Gasteiger charge is -2.09. The zero-order chi connectivity index (χ0) is 18.1. The van der Waals surface area contributed by atoms with Gasteiger partial charge in [0.1, 0.15) is 0 Å². The zero-order valence-electron chi connectivity index (χ0n) is 13.8. The Hall–Kier alpha value is -2.38. The Morgan fingerprint density at radius 1 is 1.08 bits per heavy atom. The van der Waals surface area contributed by atoms with Gasteiger partial charge in [-0.3, -0.25) is 9.59 Å². The molecule has 0 saturated carbocycles. The van der Waals surface area contributed by atoms with Crippen molar-refractivity contribution in [1.29, 1.82) is 0 Å². The highest BCUT2D eigenvalue weighted by molar-refractivity contribution is 9.10. The molecular weight excluding hydrogens is 386 g/mol. The van der Waals surface area contributed by atoms with Gasteiger partial charge >= 0.3 is 0 Å². The fourth-order valence-electron chi connectivity index (χ4n) is 2.06. The molecule has 0 fully saturated rings. The molecule has 2 rings (SSSR count). The normalized spacial score (nSPS) is 10.2. The van der Waals surface area contributed by atoms with Gasteiger partial charge in [-0.05, 0) is 42.5 Å². The summed E-state index contributed by atoms with van der Waals surface area (Å²) in [5.74, 6) is -0.344. The second-order valence-corrected chi connectivity index (χ2v) is 6.15. The first kappa shape index (κ1) is 19.0. The van der Waals surface area contributed by atoms with E-state index in [-0.39, 0.29) is 18.4 Å². The second-order valence-electron chi connectivity index (χ2n) is 5.24. The first-order valence-corrected chi connectivity index (χ1v) is 8.54. The van der Waals surface area contributed by atoms with Crippen molar-refractivity contribution in [1.82, 2.24) is 5.32 Å². The second kappa shape index (κ2) is 9.80. The number of amides is 2. The third-order valence-corrected chi connectivity index (χ3v) is 3.79. The minimum absolute atomic E-state index is 0.149. The van der Waals surface area contributed by atoms with Crippen molar-refractivity contribution < 1.29 is 14.3 Å². The van der Waals surface area contributed by atoms with Gasteiger partial charge in [0.25, 0.3) is 5.91 Å². The van der Waals surface area contributed by atoms with Gasteiger partial charge in [-0.2, -0.15) is 0 Å². The van der Waals surface area contributed by atoms with Gasteiger partial charge in [0, 0.05) is 35.1 Å². The molecule has 2 aromatic carbocycles. The molecule has 7 heteroatoms. The number of carbonyl (C=O) groups excluding carboxylic acids is 2. The lowest BCUT2D eigenvalue weighted by molar-refractivity contribution is -0.114. The molecule has 3 N–H and O–H groups in total. The highest BCUT2D eigenvalue weighted by Gasteiger charge is 2.06. The Morgan fingerprint density at radius 3 is 2.52 bits per heavy atom. The third-order valence-electron chi connectivity index (χ3n) is 3.30. The summed E-state index contributed by atoms with van der Waals surface area (Å²) in [6, 6.07) is 14.3. The van der Waals surface area contributed by atoms with Crippen LogP contribution in [0.5, 0.6) is 0 Å². The fourth-order valence-corrected chi connectivity index (χ4v) is 2.46. The van der Waals surface area contributed by atoms with E-state index >= 15 is 0 Å². The molecule has 0 bridgehead atoms. The van der Waals surface area contributed by atoms with E-state index in [0.29, 0.717) is 24.4 Å². The number of halogens is 1. The van der Waals surface area contributed by atoms with Crippen LogP contribution in [0.4, 0.5) is 11.4 Å². The Bertz CT molecular complexity index is 720. The minimum Gasteiger partial charge on any atom is -0.383 e. The number of methoxy groups -OCH3 is 1. The summed E-state index contributed by atoms with van der Waals surface area (Å²) in [5, 5.41) is 8.56. The molecule has 0 heterocycles. The van der Waals surface area contributed by atoms with Crippen LogP contribution < -0.4 is 16.0 Å². The summed E-state index contributed by atoms with van der Waals surface area (Å²) in [6.45, 7) is 1.07. The van der Waals surface area contributed by atoms with Crippen molar-refractivity contribution in [2.75, 3.05) is 37.4 Å². The molecule has 0 aliphatic rings. The lowest BCUT2D eigenvalue weighted by atomic mass is 10.2. The van der Waals surface area contributed by atoms with E-state index in [9.17, 15) is 9.59 Å². The molecule has 6 nitrogen and oxygen atoms in total. The Kier molecular flexibility index (Phi) is 7.43. The van der Waals surface area contributed by atoms with Crippen molar-refractivity contribution in [3.8, 4) is 0 Å². The largest absolute Gasteiger partial charge is 0.383 e. The number of rotatable bonds is 8. The van der Waals surface area contributed by atoms with Crippen molar-refractivity contribution >= 4 is 39.1 Å². The van der Waals surface area contributed by atoms with Crippen molar-refractivity contribution in [2.45, 2.75) is 0 Å². The quantitative estimate of drug-likeness (QED) is 0.589. The Labute approximate surface area is 155 Å². The number of ether oxygens (including phenoxy) is 1. The molecule has 0 aliphatic heterocycles. The number of benzene rings is 2. The van der Waals surface area contributed by atoms with E-state index in [1.807, 2.05) is 24.3 Å². The monoisotopic (exact) mass is 405 g/mol. The standard InChI is InChI=1S/C18H20BrN3O3/c1-25-10-9-20-18(24)13-5-7-15(8-6-13)22-17(23)12-21-16-4-2-3-14(19)11-16/h2-8,11,21H,9-10,12H2,1H3,(H,20,24)(H,22,23). The summed E-state index contributed by atoms with van der Waals surface area (Å²) in [5.41, 5.74) is 2.02. The van der Waals surface area contributed by atoms with E-state index in [1.165, 1.54) is 0 Å². The maximum atomic E-state index is 12.0. The van der Waals surface area contributed by atoms with Crippen molar-refractivity contribution in [3.63, 3.8) is 0 Å². The van der Waals surface area contributed by atoms with Gasteiger partial charge in [0.05, 0.1) is 13.2 Å². The fraction of sp³-hybridized carbons (Fsp3) is 0.222. The van der Waals surface area contributed by atoms with Crippen LogP contribution in [-0.2, 0) is 9.53 Å². The third kappa shape index (κ3) is 6.56. The first-order chi connectivity index (χ1) is 12.1. The van der Waals surface area contributed by atoms with Crippen molar-refractivity contribution in [3.05, 3.63) is 58.6 Å². The molecule has 2 amide bonds. The molecule has 0 radical (unpaired) electrons. The Balaban J connectivity index is 1.81. The highest BCUT2D eigenvalue weighted by Crippen LogP contribution is 2.15. The number of carbonyl (C=O) groups is 2.